The normalized spacial score (nSPS) is 22.5. The molecule has 0 aliphatic carbocycles. The molecule has 1 aromatic carbocycles. The molecular weight excluding hydrogens is 272 g/mol. The first-order valence-electron chi connectivity index (χ1n) is 7.52. The van der Waals surface area contributed by atoms with E-state index >= 15 is 0 Å². The Morgan fingerprint density at radius 2 is 1.95 bits per heavy atom. The first kappa shape index (κ1) is 16.3. The van der Waals surface area contributed by atoms with Crippen LogP contribution in [0.5, 0.6) is 0 Å². The van der Waals surface area contributed by atoms with E-state index < -0.39 is 11.6 Å². The summed E-state index contributed by atoms with van der Waals surface area (Å²) in [7, 11) is 4.11. The van der Waals surface area contributed by atoms with Crippen molar-refractivity contribution in [3.63, 3.8) is 0 Å². The van der Waals surface area contributed by atoms with E-state index in [0.717, 1.165) is 19.6 Å². The zero-order valence-corrected chi connectivity index (χ0v) is 13.3. The molecule has 0 saturated carbocycles. The molecule has 0 bridgehead atoms. The van der Waals surface area contributed by atoms with E-state index in [-0.39, 0.29) is 12.1 Å². The molecule has 2 unspecified atom stereocenters. The molecule has 0 spiro atoms. The molecule has 1 aliphatic rings. The number of hydrogen-bond donors (Lipinski definition) is 1. The first-order chi connectivity index (χ1) is 9.95. The quantitative estimate of drug-likeness (QED) is 0.919. The summed E-state index contributed by atoms with van der Waals surface area (Å²) in [5.74, 6) is -1.45. The van der Waals surface area contributed by atoms with Gasteiger partial charge in [0.15, 0.2) is 11.6 Å². The monoisotopic (exact) mass is 297 g/mol. The Morgan fingerprint density at radius 3 is 2.62 bits per heavy atom. The second-order valence-corrected chi connectivity index (χ2v) is 5.95. The maximum Gasteiger partial charge on any atom is 0.163 e. The zero-order valence-electron chi connectivity index (χ0n) is 13.3. The average Bonchev–Trinajstić information content (AvgIpc) is 2.46. The van der Waals surface area contributed by atoms with Gasteiger partial charge in [0.25, 0.3) is 0 Å². The number of likely N-dealkylation sites (N-methyl/N-ethyl adjacent to an activating group) is 3. The van der Waals surface area contributed by atoms with Crippen LogP contribution in [-0.2, 0) is 0 Å². The predicted octanol–water partition coefficient (Wildman–Crippen LogP) is 2.17. The van der Waals surface area contributed by atoms with Gasteiger partial charge in [0.05, 0.1) is 6.04 Å². The Labute approximate surface area is 125 Å². The van der Waals surface area contributed by atoms with Crippen molar-refractivity contribution in [2.45, 2.75) is 25.9 Å². The minimum atomic E-state index is -0.734. The molecule has 3 nitrogen and oxygen atoms in total. The summed E-state index contributed by atoms with van der Waals surface area (Å²) in [6, 6.07) is 3.28. The lowest BCUT2D eigenvalue weighted by atomic mass is 9.94. The van der Waals surface area contributed by atoms with Gasteiger partial charge >= 0.3 is 0 Å². The van der Waals surface area contributed by atoms with Gasteiger partial charge in [0, 0.05) is 31.2 Å². The van der Waals surface area contributed by atoms with Gasteiger partial charge < -0.3 is 10.2 Å². The molecule has 0 aromatic heterocycles. The van der Waals surface area contributed by atoms with Crippen molar-refractivity contribution < 1.29 is 8.78 Å². The van der Waals surface area contributed by atoms with Crippen molar-refractivity contribution in [1.82, 2.24) is 15.1 Å². The summed E-state index contributed by atoms with van der Waals surface area (Å²) in [6.45, 7) is 7.05. The Kier molecular flexibility index (Phi) is 5.30. The molecule has 118 valence electrons. The number of rotatable bonds is 4. The van der Waals surface area contributed by atoms with Crippen LogP contribution in [-0.4, -0.2) is 56.1 Å². The summed E-state index contributed by atoms with van der Waals surface area (Å²) in [6.07, 6.45) is 0. The maximum absolute atomic E-state index is 14.4. The summed E-state index contributed by atoms with van der Waals surface area (Å²) >= 11 is 0. The standard InChI is InChI=1S/C16H25F2N3/c1-5-19-16(13-10-20(3)8-9-21(13)4)12-7-6-11(2)14(17)15(12)18/h6-7,13,16,19H,5,8-10H2,1-4H3. The van der Waals surface area contributed by atoms with Gasteiger partial charge in [-0.3, -0.25) is 4.90 Å². The number of hydrogen-bond acceptors (Lipinski definition) is 3. The van der Waals surface area contributed by atoms with Gasteiger partial charge in [-0.2, -0.15) is 0 Å². The van der Waals surface area contributed by atoms with Gasteiger partial charge in [0.1, 0.15) is 0 Å². The molecule has 0 radical (unpaired) electrons. The minimum absolute atomic E-state index is 0.125. The Bertz CT molecular complexity index is 493. The Balaban J connectivity index is 2.36. The van der Waals surface area contributed by atoms with Crippen molar-refractivity contribution in [3.05, 3.63) is 34.9 Å². The van der Waals surface area contributed by atoms with Gasteiger partial charge in [-0.25, -0.2) is 8.78 Å². The van der Waals surface area contributed by atoms with E-state index in [0.29, 0.717) is 17.7 Å². The Hall–Kier alpha value is -1.04. The average molecular weight is 297 g/mol. The molecule has 1 N–H and O–H groups in total. The molecular formula is C16H25F2N3. The van der Waals surface area contributed by atoms with Gasteiger partial charge in [-0.05, 0) is 33.1 Å². The SMILES string of the molecule is CCNC(c1ccc(C)c(F)c1F)C1CN(C)CCN1C. The van der Waals surface area contributed by atoms with Crippen molar-refractivity contribution in [1.29, 1.82) is 0 Å². The molecule has 0 amide bonds. The van der Waals surface area contributed by atoms with Crippen LogP contribution in [0.4, 0.5) is 8.78 Å². The third-order valence-corrected chi connectivity index (χ3v) is 4.35. The second kappa shape index (κ2) is 6.81. The molecule has 2 rings (SSSR count). The number of nitrogens with one attached hydrogen (secondary N) is 1. The summed E-state index contributed by atoms with van der Waals surface area (Å²) in [5.41, 5.74) is 0.771. The van der Waals surface area contributed by atoms with E-state index in [9.17, 15) is 8.78 Å². The highest BCUT2D eigenvalue weighted by Crippen LogP contribution is 2.27. The van der Waals surface area contributed by atoms with Gasteiger partial charge in [-0.15, -0.1) is 0 Å². The van der Waals surface area contributed by atoms with E-state index in [1.165, 1.54) is 0 Å². The fraction of sp³-hybridized carbons (Fsp3) is 0.625. The number of nitrogens with zero attached hydrogens (tertiary/aromatic N) is 2. The summed E-state index contributed by atoms with van der Waals surface area (Å²) in [5, 5.41) is 3.33. The van der Waals surface area contributed by atoms with E-state index in [2.05, 4.69) is 22.2 Å². The number of piperazine rings is 1. The van der Waals surface area contributed by atoms with Crippen LogP contribution in [0.25, 0.3) is 0 Å². The van der Waals surface area contributed by atoms with Crippen molar-refractivity contribution in [3.8, 4) is 0 Å². The molecule has 1 saturated heterocycles. The Morgan fingerprint density at radius 1 is 1.24 bits per heavy atom. The van der Waals surface area contributed by atoms with Crippen molar-refractivity contribution in [2.75, 3.05) is 40.3 Å². The highest BCUT2D eigenvalue weighted by atomic mass is 19.2. The van der Waals surface area contributed by atoms with Gasteiger partial charge in [-0.1, -0.05) is 19.1 Å². The lowest BCUT2D eigenvalue weighted by Crippen LogP contribution is -2.55. The van der Waals surface area contributed by atoms with Crippen molar-refractivity contribution >= 4 is 0 Å². The lowest BCUT2D eigenvalue weighted by molar-refractivity contribution is 0.0869. The largest absolute Gasteiger partial charge is 0.309 e. The lowest BCUT2D eigenvalue weighted by Gasteiger charge is -2.42. The van der Waals surface area contributed by atoms with E-state index in [4.69, 9.17) is 0 Å². The topological polar surface area (TPSA) is 18.5 Å². The second-order valence-electron chi connectivity index (χ2n) is 5.95. The third-order valence-electron chi connectivity index (χ3n) is 4.35. The molecule has 5 heteroatoms. The van der Waals surface area contributed by atoms with Crippen LogP contribution >= 0.6 is 0 Å². The van der Waals surface area contributed by atoms with Gasteiger partial charge in [0.2, 0.25) is 0 Å². The van der Waals surface area contributed by atoms with Crippen LogP contribution in [0.3, 0.4) is 0 Å². The highest BCUT2D eigenvalue weighted by molar-refractivity contribution is 5.29. The predicted molar refractivity (Wildman–Crippen MR) is 81.4 cm³/mol. The third kappa shape index (κ3) is 3.42. The first-order valence-corrected chi connectivity index (χ1v) is 7.52. The van der Waals surface area contributed by atoms with Crippen LogP contribution in [0.15, 0.2) is 12.1 Å². The van der Waals surface area contributed by atoms with E-state index in [1.54, 1.807) is 19.1 Å². The van der Waals surface area contributed by atoms with Crippen LogP contribution in [0, 0.1) is 18.6 Å². The summed E-state index contributed by atoms with van der Waals surface area (Å²) in [4.78, 5) is 4.46. The molecule has 1 heterocycles. The fourth-order valence-electron chi connectivity index (χ4n) is 2.98. The number of halogens is 2. The number of aryl methyl sites for hydroxylation is 1. The zero-order chi connectivity index (χ0) is 15.6. The molecule has 1 fully saturated rings. The summed E-state index contributed by atoms with van der Waals surface area (Å²) < 4.78 is 28.3. The molecule has 2 atom stereocenters. The maximum atomic E-state index is 14.4. The van der Waals surface area contributed by atoms with Crippen molar-refractivity contribution in [2.24, 2.45) is 0 Å². The van der Waals surface area contributed by atoms with Crippen LogP contribution in [0.1, 0.15) is 24.1 Å². The smallest absolute Gasteiger partial charge is 0.163 e. The van der Waals surface area contributed by atoms with Crippen LogP contribution in [0.2, 0.25) is 0 Å². The molecule has 1 aliphatic heterocycles. The van der Waals surface area contributed by atoms with Crippen LogP contribution < -0.4 is 5.32 Å². The molecule has 21 heavy (non-hydrogen) atoms. The molecule has 1 aromatic rings. The minimum Gasteiger partial charge on any atom is -0.309 e. The number of benzene rings is 1. The fourth-order valence-corrected chi connectivity index (χ4v) is 2.98. The highest BCUT2D eigenvalue weighted by Gasteiger charge is 2.32. The van der Waals surface area contributed by atoms with E-state index in [1.807, 2.05) is 14.0 Å².